The first-order valence-electron chi connectivity index (χ1n) is 9.21. The van der Waals surface area contributed by atoms with Crippen molar-refractivity contribution in [3.8, 4) is 0 Å². The lowest BCUT2D eigenvalue weighted by Crippen LogP contribution is -2.31. The summed E-state index contributed by atoms with van der Waals surface area (Å²) < 4.78 is 13.0. The van der Waals surface area contributed by atoms with Crippen molar-refractivity contribution in [3.63, 3.8) is 0 Å². The molecule has 3 rings (SSSR count). The molecular weight excluding hydrogens is 407 g/mol. The number of hydrogen-bond donors (Lipinski definition) is 3. The molecule has 1 atom stereocenters. The molecule has 0 aliphatic carbocycles. The number of carbonyl (C=O) groups is 2. The molecule has 4 N–H and O–H groups in total. The van der Waals surface area contributed by atoms with Gasteiger partial charge in [0.15, 0.2) is 0 Å². The van der Waals surface area contributed by atoms with Gasteiger partial charge in [-0.2, -0.15) is 0 Å². The fraction of sp³-hybridized carbons (Fsp3) is 0.136. The predicted octanol–water partition coefficient (Wildman–Crippen LogP) is 3.88. The van der Waals surface area contributed by atoms with Gasteiger partial charge in [0.25, 0.3) is 5.91 Å². The maximum absolute atomic E-state index is 13.0. The van der Waals surface area contributed by atoms with Gasteiger partial charge in [-0.1, -0.05) is 29.8 Å². The lowest BCUT2D eigenvalue weighted by atomic mass is 9.98. The SMILES string of the molecule is NC(=O)C(CNc1ccc(C(=O)Nc2cccc(Cl)c2)cn1)Cc1ccc(F)cc1. The summed E-state index contributed by atoms with van der Waals surface area (Å²) in [6.07, 6.45) is 1.81. The fourth-order valence-electron chi connectivity index (χ4n) is 2.81. The number of anilines is 2. The van der Waals surface area contributed by atoms with Crippen LogP contribution >= 0.6 is 11.6 Å². The number of benzene rings is 2. The van der Waals surface area contributed by atoms with Crippen molar-refractivity contribution in [3.05, 3.63) is 88.8 Å². The van der Waals surface area contributed by atoms with Gasteiger partial charge in [0, 0.05) is 23.5 Å². The average molecular weight is 427 g/mol. The summed E-state index contributed by atoms with van der Waals surface area (Å²) in [6.45, 7) is 0.258. The van der Waals surface area contributed by atoms with Crippen LogP contribution in [0.25, 0.3) is 0 Å². The van der Waals surface area contributed by atoms with Crippen molar-refractivity contribution in [1.82, 2.24) is 4.98 Å². The average Bonchev–Trinajstić information content (AvgIpc) is 2.72. The molecule has 0 aliphatic rings. The Morgan fingerprint density at radius 3 is 2.50 bits per heavy atom. The van der Waals surface area contributed by atoms with Crippen LogP contribution < -0.4 is 16.4 Å². The van der Waals surface area contributed by atoms with E-state index in [4.69, 9.17) is 17.3 Å². The zero-order valence-electron chi connectivity index (χ0n) is 15.9. The number of hydrogen-bond acceptors (Lipinski definition) is 4. The van der Waals surface area contributed by atoms with E-state index in [9.17, 15) is 14.0 Å². The molecule has 0 spiro atoms. The van der Waals surface area contributed by atoms with Gasteiger partial charge in [0.1, 0.15) is 11.6 Å². The molecule has 0 saturated carbocycles. The maximum atomic E-state index is 13.0. The van der Waals surface area contributed by atoms with E-state index < -0.39 is 11.8 Å². The Morgan fingerprint density at radius 2 is 1.87 bits per heavy atom. The normalized spacial score (nSPS) is 11.5. The second-order valence-corrected chi connectivity index (χ2v) is 7.14. The highest BCUT2D eigenvalue weighted by Crippen LogP contribution is 2.16. The minimum atomic E-state index is -0.497. The van der Waals surface area contributed by atoms with Gasteiger partial charge in [-0.3, -0.25) is 9.59 Å². The van der Waals surface area contributed by atoms with Gasteiger partial charge in [-0.25, -0.2) is 9.37 Å². The zero-order chi connectivity index (χ0) is 21.5. The number of halogens is 2. The number of nitrogens with zero attached hydrogens (tertiary/aromatic N) is 1. The van der Waals surface area contributed by atoms with E-state index in [1.165, 1.54) is 18.3 Å². The summed E-state index contributed by atoms with van der Waals surface area (Å²) in [5.74, 6) is -1.12. The number of carbonyl (C=O) groups excluding carboxylic acids is 2. The highest BCUT2D eigenvalue weighted by Gasteiger charge is 2.16. The van der Waals surface area contributed by atoms with Crippen LogP contribution in [0.15, 0.2) is 66.9 Å². The van der Waals surface area contributed by atoms with E-state index >= 15 is 0 Å². The second-order valence-electron chi connectivity index (χ2n) is 6.71. The molecule has 6 nitrogen and oxygen atoms in total. The molecular formula is C22H20ClFN4O2. The number of aromatic nitrogens is 1. The third-order valence-electron chi connectivity index (χ3n) is 4.44. The van der Waals surface area contributed by atoms with Crippen LogP contribution in [0.2, 0.25) is 5.02 Å². The van der Waals surface area contributed by atoms with Gasteiger partial charge in [0.05, 0.1) is 11.5 Å². The Labute approximate surface area is 178 Å². The summed E-state index contributed by atoms with van der Waals surface area (Å²) in [6, 6.07) is 16.0. The molecule has 0 bridgehead atoms. The number of nitrogens with one attached hydrogen (secondary N) is 2. The Morgan fingerprint density at radius 1 is 1.10 bits per heavy atom. The molecule has 0 radical (unpaired) electrons. The monoisotopic (exact) mass is 426 g/mol. The molecule has 0 saturated heterocycles. The molecule has 3 aromatic rings. The predicted molar refractivity (Wildman–Crippen MR) is 115 cm³/mol. The maximum Gasteiger partial charge on any atom is 0.257 e. The molecule has 2 amide bonds. The zero-order valence-corrected chi connectivity index (χ0v) is 16.7. The van der Waals surface area contributed by atoms with Crippen LogP contribution in [0.5, 0.6) is 0 Å². The first-order chi connectivity index (χ1) is 14.4. The van der Waals surface area contributed by atoms with E-state index in [2.05, 4.69) is 15.6 Å². The van der Waals surface area contributed by atoms with Crippen LogP contribution in [0.3, 0.4) is 0 Å². The summed E-state index contributed by atoms with van der Waals surface area (Å²) in [7, 11) is 0. The van der Waals surface area contributed by atoms with Crippen LogP contribution in [0, 0.1) is 11.7 Å². The van der Waals surface area contributed by atoms with Gasteiger partial charge in [0.2, 0.25) is 5.91 Å². The minimum Gasteiger partial charge on any atom is -0.369 e. The van der Waals surface area contributed by atoms with Gasteiger partial charge in [-0.15, -0.1) is 0 Å². The van der Waals surface area contributed by atoms with E-state index in [0.717, 1.165) is 5.56 Å². The van der Waals surface area contributed by atoms with Crippen LogP contribution in [-0.4, -0.2) is 23.3 Å². The largest absolute Gasteiger partial charge is 0.369 e. The molecule has 1 aromatic heterocycles. The molecule has 0 fully saturated rings. The van der Waals surface area contributed by atoms with Crippen LogP contribution in [0.1, 0.15) is 15.9 Å². The first kappa shape index (κ1) is 21.3. The van der Waals surface area contributed by atoms with Crippen molar-refractivity contribution in [2.75, 3.05) is 17.2 Å². The Hall–Kier alpha value is -3.45. The smallest absolute Gasteiger partial charge is 0.257 e. The molecule has 0 aliphatic heterocycles. The second kappa shape index (κ2) is 9.84. The molecule has 1 heterocycles. The van der Waals surface area contributed by atoms with Crippen molar-refractivity contribution in [2.24, 2.45) is 11.7 Å². The van der Waals surface area contributed by atoms with Gasteiger partial charge < -0.3 is 16.4 Å². The Balaban J connectivity index is 1.57. The third-order valence-corrected chi connectivity index (χ3v) is 4.67. The standard InChI is InChI=1S/C22H20ClFN4O2/c23-17-2-1-3-19(11-17)28-22(30)15-6-9-20(26-12-15)27-13-16(21(25)29)10-14-4-7-18(24)8-5-14/h1-9,11-12,16H,10,13H2,(H2,25,29)(H,26,27)(H,28,30). The van der Waals surface area contributed by atoms with E-state index in [1.807, 2.05) is 0 Å². The van der Waals surface area contributed by atoms with E-state index in [0.29, 0.717) is 28.5 Å². The summed E-state index contributed by atoms with van der Waals surface area (Å²) >= 11 is 5.91. The number of primary amides is 1. The highest BCUT2D eigenvalue weighted by molar-refractivity contribution is 6.30. The van der Waals surface area contributed by atoms with Crippen molar-refractivity contribution in [2.45, 2.75) is 6.42 Å². The summed E-state index contributed by atoms with van der Waals surface area (Å²) in [5, 5.41) is 6.31. The number of pyridine rings is 1. The van der Waals surface area contributed by atoms with Crippen molar-refractivity contribution in [1.29, 1.82) is 0 Å². The lowest BCUT2D eigenvalue weighted by Gasteiger charge is -2.15. The van der Waals surface area contributed by atoms with Gasteiger partial charge in [-0.05, 0) is 54.4 Å². The highest BCUT2D eigenvalue weighted by atomic mass is 35.5. The molecule has 1 unspecified atom stereocenters. The third kappa shape index (κ3) is 6.02. The summed E-state index contributed by atoms with van der Waals surface area (Å²) in [4.78, 5) is 28.3. The number of rotatable bonds is 8. The minimum absolute atomic E-state index is 0.258. The Kier molecular flexibility index (Phi) is 6.98. The van der Waals surface area contributed by atoms with Crippen LogP contribution in [0.4, 0.5) is 15.9 Å². The molecule has 8 heteroatoms. The quantitative estimate of drug-likeness (QED) is 0.509. The van der Waals surface area contributed by atoms with Crippen molar-refractivity contribution >= 4 is 34.9 Å². The van der Waals surface area contributed by atoms with Crippen LogP contribution in [-0.2, 0) is 11.2 Å². The number of amides is 2. The lowest BCUT2D eigenvalue weighted by molar-refractivity contribution is -0.121. The van der Waals surface area contributed by atoms with E-state index in [1.54, 1.807) is 48.5 Å². The molecule has 30 heavy (non-hydrogen) atoms. The fourth-order valence-corrected chi connectivity index (χ4v) is 3.00. The molecule has 2 aromatic carbocycles. The van der Waals surface area contributed by atoms with E-state index in [-0.39, 0.29) is 18.3 Å². The topological polar surface area (TPSA) is 97.1 Å². The Bertz CT molecular complexity index is 1030. The molecule has 154 valence electrons. The number of nitrogens with two attached hydrogens (primary N) is 1. The van der Waals surface area contributed by atoms with Crippen molar-refractivity contribution < 1.29 is 14.0 Å². The first-order valence-corrected chi connectivity index (χ1v) is 9.59. The van der Waals surface area contributed by atoms with Gasteiger partial charge >= 0.3 is 0 Å². The summed E-state index contributed by atoms with van der Waals surface area (Å²) in [5.41, 5.74) is 7.26.